The summed E-state index contributed by atoms with van der Waals surface area (Å²) in [6.45, 7) is 2.89. The molecule has 184 valence electrons. The summed E-state index contributed by atoms with van der Waals surface area (Å²) < 4.78 is 24.8. The third kappa shape index (κ3) is 6.99. The van der Waals surface area contributed by atoms with Gasteiger partial charge in [-0.1, -0.05) is 55.0 Å². The van der Waals surface area contributed by atoms with Crippen molar-refractivity contribution in [1.82, 2.24) is 4.98 Å². The molecule has 1 heterocycles. The number of thiazole rings is 1. The number of aromatic nitrogens is 1. The molecule has 0 aliphatic heterocycles. The number of hydrogen-bond acceptors (Lipinski definition) is 5. The van der Waals surface area contributed by atoms with Crippen molar-refractivity contribution in [2.24, 2.45) is 11.7 Å². The summed E-state index contributed by atoms with van der Waals surface area (Å²) in [6, 6.07) is 11.3. The van der Waals surface area contributed by atoms with E-state index in [9.17, 15) is 4.39 Å². The minimum atomic E-state index is -0.465. The molecule has 3 aromatic rings. The second-order valence-electron chi connectivity index (χ2n) is 9.33. The fourth-order valence-corrected chi connectivity index (χ4v) is 4.95. The van der Waals surface area contributed by atoms with Crippen LogP contribution in [0.25, 0.3) is 0 Å². The van der Waals surface area contributed by atoms with Gasteiger partial charge in [0.15, 0.2) is 0 Å². The average Bonchev–Trinajstić information content (AvgIpc) is 3.55. The van der Waals surface area contributed by atoms with Crippen LogP contribution in [0.2, 0.25) is 0 Å². The van der Waals surface area contributed by atoms with E-state index in [4.69, 9.17) is 20.2 Å². The highest BCUT2D eigenvalue weighted by Crippen LogP contribution is 2.38. The van der Waals surface area contributed by atoms with Gasteiger partial charge in [-0.2, -0.15) is 0 Å². The predicted octanol–water partition coefficient (Wildman–Crippen LogP) is 6.06. The Hall–Kier alpha value is -2.56. The lowest BCUT2D eigenvalue weighted by Crippen LogP contribution is -2.08. The molecule has 1 unspecified atom stereocenters. The van der Waals surface area contributed by atoms with Crippen molar-refractivity contribution < 1.29 is 13.9 Å². The van der Waals surface area contributed by atoms with Crippen LogP contribution >= 0.6 is 11.3 Å². The molecule has 1 aliphatic rings. The molecule has 4 nitrogen and oxygen atoms in total. The summed E-state index contributed by atoms with van der Waals surface area (Å²) in [6.07, 6.45) is 4.11. The smallest absolute Gasteiger partial charge is 0.126 e. The number of rotatable bonds is 10. The summed E-state index contributed by atoms with van der Waals surface area (Å²) in [5, 5.41) is 2.85. The van der Waals surface area contributed by atoms with Crippen LogP contribution in [0.3, 0.4) is 0 Å². The van der Waals surface area contributed by atoms with E-state index in [0.717, 1.165) is 33.8 Å². The standard InChI is InChI=1S/C29H33FN2O2S/c1-19-4-8-24(15-27(19)30)22(12-20-5-6-20)10-11-28(31)29-32-26(18-35-29)14-23-9-7-21(16-33-2)13-25(23)17-34-3/h4,7-9,13,15,18,20,22,28H,5-6,12,14,16-17,31H2,1-3H3/t22-,28?/m0/s1. The number of nitrogens with zero attached hydrogens (tertiary/aromatic N) is 1. The van der Waals surface area contributed by atoms with Gasteiger partial charge in [-0.15, -0.1) is 11.3 Å². The molecule has 1 saturated carbocycles. The highest BCUT2D eigenvalue weighted by molar-refractivity contribution is 7.09. The molecule has 0 amide bonds. The first-order valence-electron chi connectivity index (χ1n) is 12.0. The Kier molecular flexibility index (Phi) is 8.69. The molecule has 0 radical (unpaired) electrons. The second kappa shape index (κ2) is 11.9. The number of methoxy groups -OCH3 is 2. The van der Waals surface area contributed by atoms with E-state index in [1.807, 2.05) is 17.5 Å². The van der Waals surface area contributed by atoms with Crippen molar-refractivity contribution in [3.63, 3.8) is 0 Å². The summed E-state index contributed by atoms with van der Waals surface area (Å²) >= 11 is 1.54. The normalized spacial score (nSPS) is 14.9. The molecular formula is C29H33FN2O2S. The number of nitrogens with two attached hydrogens (primary N) is 1. The van der Waals surface area contributed by atoms with Gasteiger partial charge in [0.25, 0.3) is 0 Å². The topological polar surface area (TPSA) is 57.4 Å². The maximum absolute atomic E-state index is 14.2. The first-order chi connectivity index (χ1) is 17.0. The van der Waals surface area contributed by atoms with E-state index in [0.29, 0.717) is 31.1 Å². The van der Waals surface area contributed by atoms with E-state index < -0.39 is 6.04 Å². The molecular weight excluding hydrogens is 459 g/mol. The molecule has 1 fully saturated rings. The highest BCUT2D eigenvalue weighted by atomic mass is 32.1. The molecule has 0 saturated heterocycles. The Morgan fingerprint density at radius 3 is 2.60 bits per heavy atom. The monoisotopic (exact) mass is 492 g/mol. The van der Waals surface area contributed by atoms with Crippen LogP contribution in [0.15, 0.2) is 41.8 Å². The van der Waals surface area contributed by atoms with Gasteiger partial charge in [-0.3, -0.25) is 0 Å². The van der Waals surface area contributed by atoms with Crippen LogP contribution in [-0.4, -0.2) is 19.2 Å². The number of halogens is 1. The van der Waals surface area contributed by atoms with E-state index in [2.05, 4.69) is 30.0 Å². The van der Waals surface area contributed by atoms with Crippen molar-refractivity contribution in [1.29, 1.82) is 0 Å². The Morgan fingerprint density at radius 2 is 1.89 bits per heavy atom. The van der Waals surface area contributed by atoms with Crippen LogP contribution in [0, 0.1) is 30.5 Å². The third-order valence-corrected chi connectivity index (χ3v) is 7.34. The van der Waals surface area contributed by atoms with Gasteiger partial charge in [0.1, 0.15) is 16.9 Å². The summed E-state index contributed by atoms with van der Waals surface area (Å²) in [7, 11) is 3.40. The van der Waals surface area contributed by atoms with Gasteiger partial charge in [-0.25, -0.2) is 9.37 Å². The molecule has 1 aliphatic carbocycles. The molecule has 0 spiro atoms. The number of aryl methyl sites for hydroxylation is 1. The summed E-state index contributed by atoms with van der Waals surface area (Å²) in [5.74, 6) is 7.06. The molecule has 1 aromatic heterocycles. The zero-order valence-corrected chi connectivity index (χ0v) is 21.5. The van der Waals surface area contributed by atoms with Gasteiger partial charge >= 0.3 is 0 Å². The maximum Gasteiger partial charge on any atom is 0.126 e. The van der Waals surface area contributed by atoms with Crippen LogP contribution in [0.1, 0.15) is 69.7 Å². The molecule has 35 heavy (non-hydrogen) atoms. The molecule has 2 N–H and O–H groups in total. The van der Waals surface area contributed by atoms with Crippen LogP contribution < -0.4 is 5.73 Å². The lowest BCUT2D eigenvalue weighted by molar-refractivity contribution is 0.179. The van der Waals surface area contributed by atoms with Gasteiger partial charge in [0, 0.05) is 31.9 Å². The zero-order valence-electron chi connectivity index (χ0n) is 20.6. The highest BCUT2D eigenvalue weighted by Gasteiger charge is 2.26. The number of ether oxygens (including phenoxy) is 2. The van der Waals surface area contributed by atoms with Crippen LogP contribution in [0.4, 0.5) is 4.39 Å². The average molecular weight is 493 g/mol. The Bertz CT molecular complexity index is 1210. The first-order valence-corrected chi connectivity index (χ1v) is 12.9. The van der Waals surface area contributed by atoms with E-state index in [-0.39, 0.29) is 11.7 Å². The first kappa shape index (κ1) is 25.5. The second-order valence-corrected chi connectivity index (χ2v) is 10.2. The number of hydrogen-bond donors (Lipinski definition) is 1. The largest absolute Gasteiger partial charge is 0.380 e. The Balaban J connectivity index is 1.48. The molecule has 0 bridgehead atoms. The van der Waals surface area contributed by atoms with Crippen LogP contribution in [-0.2, 0) is 29.1 Å². The van der Waals surface area contributed by atoms with Crippen molar-refractivity contribution in [3.05, 3.63) is 86.1 Å². The zero-order chi connectivity index (χ0) is 24.8. The van der Waals surface area contributed by atoms with Gasteiger partial charge in [-0.05, 0) is 53.1 Å². The summed E-state index contributed by atoms with van der Waals surface area (Å²) in [4.78, 5) is 4.78. The molecule has 4 rings (SSSR count). The van der Waals surface area contributed by atoms with E-state index in [1.54, 1.807) is 27.2 Å². The Labute approximate surface area is 211 Å². The van der Waals surface area contributed by atoms with Crippen molar-refractivity contribution in [2.45, 2.75) is 57.8 Å². The minimum Gasteiger partial charge on any atom is -0.380 e. The molecule has 2 atom stereocenters. The van der Waals surface area contributed by atoms with Gasteiger partial charge in [0.2, 0.25) is 0 Å². The van der Waals surface area contributed by atoms with Crippen molar-refractivity contribution in [3.8, 4) is 11.8 Å². The molecule has 2 aromatic carbocycles. The van der Waals surface area contributed by atoms with E-state index in [1.165, 1.54) is 29.7 Å². The minimum absolute atomic E-state index is 0.00898. The van der Waals surface area contributed by atoms with E-state index >= 15 is 0 Å². The quantitative estimate of drug-likeness (QED) is 0.350. The lowest BCUT2D eigenvalue weighted by Gasteiger charge is -2.12. The molecule has 6 heteroatoms. The third-order valence-electron chi connectivity index (χ3n) is 6.37. The Morgan fingerprint density at radius 1 is 1.09 bits per heavy atom. The fraction of sp³-hybridized carbons (Fsp3) is 0.414. The van der Waals surface area contributed by atoms with Crippen molar-refractivity contribution in [2.75, 3.05) is 14.2 Å². The van der Waals surface area contributed by atoms with Gasteiger partial charge < -0.3 is 15.2 Å². The SMILES string of the molecule is COCc1ccc(Cc2csc(C(N)C#C[C@@H](CC3CC3)c3ccc(C)c(F)c3)n2)c(COC)c1. The predicted molar refractivity (Wildman–Crippen MR) is 139 cm³/mol. The van der Waals surface area contributed by atoms with Crippen molar-refractivity contribution >= 4 is 11.3 Å². The maximum atomic E-state index is 14.2. The lowest BCUT2D eigenvalue weighted by atomic mass is 9.93. The summed E-state index contributed by atoms with van der Waals surface area (Å²) in [5.41, 5.74) is 12.4. The van der Waals surface area contributed by atoms with Gasteiger partial charge in [0.05, 0.1) is 18.9 Å². The number of benzene rings is 2. The van der Waals surface area contributed by atoms with Crippen LogP contribution in [0.5, 0.6) is 0 Å². The fourth-order valence-electron chi connectivity index (χ4n) is 4.18.